The SMILES string of the molecule is C=CC(=C)CC[C@@H]1[C@@]2(C)CCC[C@](C)(COC(=O)/C=C/c3ccc(OC)cc3)[C@@H]2CC[C@@]1(C)O. The third-order valence-electron chi connectivity index (χ3n) is 8.70. The van der Waals surface area contributed by atoms with Crippen LogP contribution in [0.1, 0.15) is 71.3 Å². The zero-order chi connectivity index (χ0) is 25.0. The number of hydrogen-bond acceptors (Lipinski definition) is 4. The van der Waals surface area contributed by atoms with Gasteiger partial charge < -0.3 is 14.6 Å². The Balaban J connectivity index is 1.69. The van der Waals surface area contributed by atoms with Crippen LogP contribution in [0.25, 0.3) is 6.08 Å². The van der Waals surface area contributed by atoms with Gasteiger partial charge in [0.25, 0.3) is 0 Å². The zero-order valence-electron chi connectivity index (χ0n) is 21.4. The number of aliphatic hydroxyl groups is 1. The summed E-state index contributed by atoms with van der Waals surface area (Å²) in [5, 5.41) is 11.4. The molecule has 1 N–H and O–H groups in total. The van der Waals surface area contributed by atoms with Gasteiger partial charge >= 0.3 is 5.97 Å². The first-order valence-corrected chi connectivity index (χ1v) is 12.6. The van der Waals surface area contributed by atoms with E-state index in [9.17, 15) is 9.90 Å². The summed E-state index contributed by atoms with van der Waals surface area (Å²) in [7, 11) is 1.63. The smallest absolute Gasteiger partial charge is 0.330 e. The second-order valence-electron chi connectivity index (χ2n) is 11.1. The first-order valence-electron chi connectivity index (χ1n) is 12.6. The summed E-state index contributed by atoms with van der Waals surface area (Å²) in [4.78, 5) is 12.5. The number of esters is 1. The largest absolute Gasteiger partial charge is 0.497 e. The van der Waals surface area contributed by atoms with Gasteiger partial charge in [0.1, 0.15) is 5.75 Å². The number of rotatable bonds is 9. The van der Waals surface area contributed by atoms with Crippen molar-refractivity contribution < 1.29 is 19.4 Å². The molecular formula is C30H42O4. The van der Waals surface area contributed by atoms with Crippen molar-refractivity contribution in [1.82, 2.24) is 0 Å². The van der Waals surface area contributed by atoms with Crippen LogP contribution in [0.15, 0.2) is 55.1 Å². The number of hydrogen-bond donors (Lipinski definition) is 1. The fourth-order valence-electron chi connectivity index (χ4n) is 6.84. The van der Waals surface area contributed by atoms with E-state index in [1.54, 1.807) is 13.2 Å². The molecule has 1 aromatic carbocycles. The van der Waals surface area contributed by atoms with Crippen LogP contribution < -0.4 is 4.74 Å². The van der Waals surface area contributed by atoms with Gasteiger partial charge in [-0.1, -0.05) is 57.2 Å². The van der Waals surface area contributed by atoms with Crippen LogP contribution >= 0.6 is 0 Å². The number of benzene rings is 1. The summed E-state index contributed by atoms with van der Waals surface area (Å²) in [5.74, 6) is 1.05. The molecule has 0 radical (unpaired) electrons. The van der Waals surface area contributed by atoms with E-state index in [1.165, 1.54) is 6.08 Å². The van der Waals surface area contributed by atoms with E-state index in [4.69, 9.17) is 9.47 Å². The molecule has 0 amide bonds. The summed E-state index contributed by atoms with van der Waals surface area (Å²) in [6.45, 7) is 15.0. The molecule has 2 aliphatic rings. The van der Waals surface area contributed by atoms with Gasteiger partial charge in [-0.2, -0.15) is 0 Å². The van der Waals surface area contributed by atoms with E-state index in [-0.39, 0.29) is 22.7 Å². The molecule has 34 heavy (non-hydrogen) atoms. The highest BCUT2D eigenvalue weighted by atomic mass is 16.5. The van der Waals surface area contributed by atoms with Crippen molar-refractivity contribution >= 4 is 12.0 Å². The summed E-state index contributed by atoms with van der Waals surface area (Å²) in [6, 6.07) is 7.55. The average Bonchev–Trinajstić information content (AvgIpc) is 2.80. The second kappa shape index (κ2) is 10.5. The van der Waals surface area contributed by atoms with Crippen LogP contribution in [0.2, 0.25) is 0 Å². The molecule has 2 fully saturated rings. The topological polar surface area (TPSA) is 55.8 Å². The predicted molar refractivity (Wildman–Crippen MR) is 138 cm³/mol. The van der Waals surface area contributed by atoms with Crippen molar-refractivity contribution in [3.8, 4) is 5.75 Å². The molecule has 4 heteroatoms. The minimum atomic E-state index is -0.692. The molecule has 3 rings (SSSR count). The minimum absolute atomic E-state index is 0.00153. The van der Waals surface area contributed by atoms with E-state index in [0.717, 1.165) is 61.8 Å². The number of methoxy groups -OCH3 is 1. The molecule has 186 valence electrons. The van der Waals surface area contributed by atoms with Gasteiger partial charge in [0.15, 0.2) is 0 Å². The number of carbonyl (C=O) groups excluding carboxylic acids is 1. The molecule has 0 heterocycles. The second-order valence-corrected chi connectivity index (χ2v) is 11.1. The Labute approximate surface area is 205 Å². The maximum absolute atomic E-state index is 12.5. The monoisotopic (exact) mass is 466 g/mol. The fraction of sp³-hybridized carbons (Fsp3) is 0.567. The van der Waals surface area contributed by atoms with E-state index in [0.29, 0.717) is 12.5 Å². The minimum Gasteiger partial charge on any atom is -0.497 e. The number of fused-ring (bicyclic) bond motifs is 1. The third kappa shape index (κ3) is 5.66. The van der Waals surface area contributed by atoms with Crippen LogP contribution in [-0.2, 0) is 9.53 Å². The highest BCUT2D eigenvalue weighted by Crippen LogP contribution is 2.63. The first kappa shape index (κ1) is 26.3. The lowest BCUT2D eigenvalue weighted by Crippen LogP contribution is -2.59. The molecule has 0 aromatic heterocycles. The Morgan fingerprint density at radius 2 is 1.88 bits per heavy atom. The van der Waals surface area contributed by atoms with Crippen LogP contribution in [0.4, 0.5) is 0 Å². The molecule has 0 saturated heterocycles. The molecule has 2 aliphatic carbocycles. The Morgan fingerprint density at radius 1 is 1.18 bits per heavy atom. The third-order valence-corrected chi connectivity index (χ3v) is 8.70. The lowest BCUT2D eigenvalue weighted by molar-refractivity contribution is -0.185. The van der Waals surface area contributed by atoms with Crippen LogP contribution in [0.5, 0.6) is 5.75 Å². The maximum atomic E-state index is 12.5. The molecule has 0 unspecified atom stereocenters. The van der Waals surface area contributed by atoms with Crippen molar-refractivity contribution in [2.75, 3.05) is 13.7 Å². The lowest BCUT2D eigenvalue weighted by atomic mass is 9.45. The molecule has 1 aromatic rings. The van der Waals surface area contributed by atoms with E-state index >= 15 is 0 Å². The van der Waals surface area contributed by atoms with Gasteiger partial charge in [-0.3, -0.25) is 0 Å². The van der Waals surface area contributed by atoms with Crippen LogP contribution in [0, 0.1) is 22.7 Å². The van der Waals surface area contributed by atoms with Crippen molar-refractivity contribution in [3.05, 3.63) is 60.7 Å². The lowest BCUT2D eigenvalue weighted by Gasteiger charge is -2.61. The van der Waals surface area contributed by atoms with E-state index in [2.05, 4.69) is 27.0 Å². The molecule has 0 bridgehead atoms. The van der Waals surface area contributed by atoms with Crippen molar-refractivity contribution in [1.29, 1.82) is 0 Å². The van der Waals surface area contributed by atoms with Gasteiger partial charge in [0, 0.05) is 11.5 Å². The van der Waals surface area contributed by atoms with E-state index < -0.39 is 5.60 Å². The fourth-order valence-corrected chi connectivity index (χ4v) is 6.84. The van der Waals surface area contributed by atoms with Gasteiger partial charge in [-0.05, 0) is 86.5 Å². The molecule has 5 atom stereocenters. The maximum Gasteiger partial charge on any atom is 0.330 e. The van der Waals surface area contributed by atoms with Crippen molar-refractivity contribution in [3.63, 3.8) is 0 Å². The Morgan fingerprint density at radius 3 is 2.53 bits per heavy atom. The number of allylic oxidation sites excluding steroid dienone is 2. The van der Waals surface area contributed by atoms with Gasteiger partial charge in [0.2, 0.25) is 0 Å². The van der Waals surface area contributed by atoms with Crippen molar-refractivity contribution in [2.24, 2.45) is 22.7 Å². The Kier molecular flexibility index (Phi) is 8.13. The van der Waals surface area contributed by atoms with Crippen LogP contribution in [0.3, 0.4) is 0 Å². The molecule has 4 nitrogen and oxygen atoms in total. The zero-order valence-corrected chi connectivity index (χ0v) is 21.4. The summed E-state index contributed by atoms with van der Waals surface area (Å²) < 4.78 is 11.0. The molecule has 2 saturated carbocycles. The highest BCUT2D eigenvalue weighted by Gasteiger charge is 2.59. The van der Waals surface area contributed by atoms with Crippen molar-refractivity contribution in [2.45, 2.75) is 71.3 Å². The molecule has 0 spiro atoms. The summed E-state index contributed by atoms with van der Waals surface area (Å²) in [6.07, 6.45) is 11.8. The Hall–Kier alpha value is -2.33. The molecule has 0 aliphatic heterocycles. The van der Waals surface area contributed by atoms with Gasteiger partial charge in [-0.15, -0.1) is 0 Å². The molecular weight excluding hydrogens is 424 g/mol. The standard InChI is InChI=1S/C30H42O4/c1-7-22(2)9-15-26-29(4)19-8-18-28(3,25(29)17-20-30(26,5)32)21-34-27(31)16-12-23-10-13-24(33-6)14-11-23/h7,10-14,16,25-26,32H,1-2,8-9,15,17-21H2,3-6H3/b16-12+/t25-,26+,28+,29-,30+/m0/s1. The average molecular weight is 467 g/mol. The van der Waals surface area contributed by atoms with Gasteiger partial charge in [-0.25, -0.2) is 4.79 Å². The first-order chi connectivity index (χ1) is 16.0. The normalized spacial score (nSPS) is 33.2. The predicted octanol–water partition coefficient (Wildman–Crippen LogP) is 6.75. The number of ether oxygens (including phenoxy) is 2. The Bertz CT molecular complexity index is 912. The van der Waals surface area contributed by atoms with Crippen LogP contribution in [-0.4, -0.2) is 30.4 Å². The summed E-state index contributed by atoms with van der Waals surface area (Å²) in [5.41, 5.74) is 1.16. The number of carbonyl (C=O) groups is 1. The summed E-state index contributed by atoms with van der Waals surface area (Å²) >= 11 is 0. The van der Waals surface area contributed by atoms with Gasteiger partial charge in [0.05, 0.1) is 19.3 Å². The quantitative estimate of drug-likeness (QED) is 0.248. The highest BCUT2D eigenvalue weighted by molar-refractivity contribution is 5.87. The van der Waals surface area contributed by atoms with E-state index in [1.807, 2.05) is 37.3 Å².